The number of rotatable bonds is 4. The first-order valence-corrected chi connectivity index (χ1v) is 14.2. The molecule has 2 aromatic carbocycles. The first kappa shape index (κ1) is 22.1. The Kier molecular flexibility index (Phi) is 6.57. The SMILES string of the molecule is C1=C(c2ccc[nH]2)[CH]([Hf+2][CH]2C(c3ccc[nH]3)=Cc3ccccc32)c2ccccc21.[Cl-].[Cl-]. The largest absolute Gasteiger partial charge is 1.00 e. The van der Waals surface area contributed by atoms with E-state index in [-0.39, 0.29) is 24.8 Å². The number of fused-ring (bicyclic) bond motifs is 2. The van der Waals surface area contributed by atoms with Crippen LogP contribution in [0.25, 0.3) is 23.3 Å². The molecule has 0 amide bonds. The molecule has 6 rings (SSSR count). The van der Waals surface area contributed by atoms with Gasteiger partial charge in [-0.25, -0.2) is 0 Å². The molecule has 2 nitrogen and oxygen atoms in total. The van der Waals surface area contributed by atoms with E-state index in [9.17, 15) is 0 Å². The van der Waals surface area contributed by atoms with Crippen LogP contribution >= 0.6 is 0 Å². The van der Waals surface area contributed by atoms with E-state index in [0.717, 1.165) is 0 Å². The van der Waals surface area contributed by atoms with E-state index in [1.807, 2.05) is 12.4 Å². The van der Waals surface area contributed by atoms with Crippen LogP contribution in [0.2, 0.25) is 0 Å². The Balaban J connectivity index is 0.00000116. The molecular formula is C26H20Cl2HfN2. The van der Waals surface area contributed by atoms with Gasteiger partial charge in [-0.2, -0.15) is 0 Å². The van der Waals surface area contributed by atoms with Crippen LogP contribution in [0, 0.1) is 0 Å². The number of aromatic amines is 2. The Morgan fingerprint density at radius 3 is 1.42 bits per heavy atom. The van der Waals surface area contributed by atoms with Crippen molar-refractivity contribution in [1.82, 2.24) is 9.97 Å². The van der Waals surface area contributed by atoms with Gasteiger partial charge in [-0.05, 0) is 0 Å². The van der Waals surface area contributed by atoms with E-state index in [0.29, 0.717) is 7.35 Å². The molecule has 0 saturated carbocycles. The van der Waals surface area contributed by atoms with Crippen LogP contribution in [0.5, 0.6) is 0 Å². The monoisotopic (exact) mass is 610 g/mol. The summed E-state index contributed by atoms with van der Waals surface area (Å²) in [6, 6.07) is 26.6. The second-order valence-corrected chi connectivity index (χ2v) is 13.0. The van der Waals surface area contributed by atoms with Crippen molar-refractivity contribution >= 4 is 23.3 Å². The minimum atomic E-state index is -1.22. The summed E-state index contributed by atoms with van der Waals surface area (Å²) >= 11 is -1.22. The molecule has 2 aliphatic carbocycles. The first-order chi connectivity index (χ1) is 14.4. The van der Waals surface area contributed by atoms with Crippen molar-refractivity contribution in [3.05, 3.63) is 119 Å². The molecule has 0 radical (unpaired) electrons. The van der Waals surface area contributed by atoms with Gasteiger partial charge in [0.15, 0.2) is 0 Å². The van der Waals surface area contributed by atoms with Crippen LogP contribution < -0.4 is 24.8 Å². The molecule has 0 saturated heterocycles. The van der Waals surface area contributed by atoms with Crippen molar-refractivity contribution in [1.29, 1.82) is 0 Å². The Bertz CT molecular complexity index is 1140. The summed E-state index contributed by atoms with van der Waals surface area (Å²) in [5.41, 5.74) is 11.3. The van der Waals surface area contributed by atoms with E-state index >= 15 is 0 Å². The molecule has 2 aromatic heterocycles. The van der Waals surface area contributed by atoms with Gasteiger partial charge in [0.2, 0.25) is 0 Å². The summed E-state index contributed by atoms with van der Waals surface area (Å²) in [5, 5.41) is 0. The molecule has 0 bridgehead atoms. The second-order valence-electron chi connectivity index (χ2n) is 7.66. The minimum Gasteiger partial charge on any atom is -1.00 e. The van der Waals surface area contributed by atoms with Crippen molar-refractivity contribution < 1.29 is 47.7 Å². The quantitative estimate of drug-likeness (QED) is 0.313. The van der Waals surface area contributed by atoms with Gasteiger partial charge in [0, 0.05) is 0 Å². The summed E-state index contributed by atoms with van der Waals surface area (Å²) in [5.74, 6) is 0. The molecule has 2 aliphatic rings. The molecule has 31 heavy (non-hydrogen) atoms. The summed E-state index contributed by atoms with van der Waals surface area (Å²) in [6.45, 7) is 0. The zero-order valence-corrected chi connectivity index (χ0v) is 21.8. The Morgan fingerprint density at radius 1 is 0.548 bits per heavy atom. The third-order valence-corrected chi connectivity index (χ3v) is 12.9. The number of aromatic nitrogens is 2. The predicted octanol–water partition coefficient (Wildman–Crippen LogP) is 0.324. The molecule has 0 aliphatic heterocycles. The smallest absolute Gasteiger partial charge is 1.00 e. The van der Waals surface area contributed by atoms with E-state index in [2.05, 4.69) is 94.9 Å². The summed E-state index contributed by atoms with van der Waals surface area (Å²) in [4.78, 5) is 6.94. The van der Waals surface area contributed by atoms with Gasteiger partial charge < -0.3 is 24.8 Å². The zero-order valence-electron chi connectivity index (χ0n) is 16.6. The fourth-order valence-electron chi connectivity index (χ4n) is 4.66. The molecule has 2 heterocycles. The number of benzene rings is 2. The fourth-order valence-corrected chi connectivity index (χ4v) is 12.0. The zero-order chi connectivity index (χ0) is 19.2. The number of allylic oxidation sites excluding steroid dienone is 2. The normalized spacial score (nSPS) is 18.1. The van der Waals surface area contributed by atoms with Gasteiger partial charge in [0.05, 0.1) is 0 Å². The topological polar surface area (TPSA) is 31.6 Å². The van der Waals surface area contributed by atoms with Crippen LogP contribution in [0.15, 0.2) is 85.2 Å². The summed E-state index contributed by atoms with van der Waals surface area (Å²) in [6.07, 6.45) is 8.91. The Labute approximate surface area is 206 Å². The van der Waals surface area contributed by atoms with Gasteiger partial charge in [-0.1, -0.05) is 0 Å². The predicted molar refractivity (Wildman–Crippen MR) is 116 cm³/mol. The molecule has 0 spiro atoms. The number of nitrogens with one attached hydrogen (secondary N) is 2. The van der Waals surface area contributed by atoms with E-state index in [4.69, 9.17) is 0 Å². The van der Waals surface area contributed by atoms with Crippen LogP contribution in [0.3, 0.4) is 0 Å². The maximum Gasteiger partial charge on any atom is -1.00 e. The van der Waals surface area contributed by atoms with Gasteiger partial charge in [-0.3, -0.25) is 0 Å². The molecule has 4 aromatic rings. The molecule has 2 atom stereocenters. The van der Waals surface area contributed by atoms with Crippen molar-refractivity contribution in [2.45, 2.75) is 7.35 Å². The third kappa shape index (κ3) is 3.84. The van der Waals surface area contributed by atoms with Gasteiger partial charge in [0.25, 0.3) is 0 Å². The molecule has 0 fully saturated rings. The van der Waals surface area contributed by atoms with Crippen molar-refractivity contribution in [3.63, 3.8) is 0 Å². The van der Waals surface area contributed by atoms with Crippen molar-refractivity contribution in [3.8, 4) is 0 Å². The van der Waals surface area contributed by atoms with Gasteiger partial charge in [-0.15, -0.1) is 0 Å². The van der Waals surface area contributed by atoms with Crippen molar-refractivity contribution in [2.24, 2.45) is 0 Å². The summed E-state index contributed by atoms with van der Waals surface area (Å²) < 4.78 is 1.14. The van der Waals surface area contributed by atoms with Crippen LogP contribution in [0.4, 0.5) is 0 Å². The molecule has 152 valence electrons. The number of halogens is 2. The van der Waals surface area contributed by atoms with Crippen LogP contribution in [0.1, 0.15) is 41.0 Å². The number of hydrogen-bond donors (Lipinski definition) is 2. The second kappa shape index (κ2) is 9.20. The minimum absolute atomic E-state index is 0. The van der Waals surface area contributed by atoms with E-state index < -0.39 is 22.9 Å². The molecular weight excluding hydrogens is 590 g/mol. The maximum atomic E-state index is 3.47. The van der Waals surface area contributed by atoms with Gasteiger partial charge >= 0.3 is 182 Å². The summed E-state index contributed by atoms with van der Waals surface area (Å²) in [7, 11) is 0. The fraction of sp³-hybridized carbons (Fsp3) is 0.0769. The van der Waals surface area contributed by atoms with Crippen molar-refractivity contribution in [2.75, 3.05) is 0 Å². The maximum absolute atomic E-state index is 3.47. The average Bonchev–Trinajstić information content (AvgIpc) is 3.55. The Hall–Kier alpha value is -2.07. The molecule has 2 N–H and O–H groups in total. The van der Waals surface area contributed by atoms with Crippen LogP contribution in [-0.4, -0.2) is 9.97 Å². The number of hydrogen-bond acceptors (Lipinski definition) is 0. The standard InChI is InChI=1S/2C13H10N.2ClH.Hf/c2*1-2-5-11-9-12(8-10(11)4-1)13-6-3-7-14-13;;;/h2*1-9,14H;2*1H;/q;;;;+2/p-2. The Morgan fingerprint density at radius 2 is 1.00 bits per heavy atom. The van der Waals surface area contributed by atoms with Crippen LogP contribution in [-0.2, 0) is 22.9 Å². The first-order valence-electron chi connectivity index (χ1n) is 10.0. The molecule has 5 heteroatoms. The third-order valence-electron chi connectivity index (χ3n) is 6.01. The average molecular weight is 610 g/mol. The van der Waals surface area contributed by atoms with Gasteiger partial charge in [0.1, 0.15) is 0 Å². The van der Waals surface area contributed by atoms with E-state index in [1.165, 1.54) is 44.8 Å². The van der Waals surface area contributed by atoms with E-state index in [1.54, 1.807) is 0 Å². The number of H-pyrrole nitrogens is 2. The molecule has 2 unspecified atom stereocenters.